The molecule has 0 saturated carbocycles. The third-order valence-electron chi connectivity index (χ3n) is 2.53. The Kier molecular flexibility index (Phi) is 7.24. The van der Waals surface area contributed by atoms with Crippen LogP contribution in [0.5, 0.6) is 5.75 Å². The lowest BCUT2D eigenvalue weighted by atomic mass is 10.3. The zero-order valence-corrected chi connectivity index (χ0v) is 12.1. The van der Waals surface area contributed by atoms with Crippen molar-refractivity contribution in [2.45, 2.75) is 6.92 Å². The van der Waals surface area contributed by atoms with Crippen LogP contribution in [0.1, 0.15) is 6.92 Å². The fourth-order valence-electron chi connectivity index (χ4n) is 1.50. The first-order valence-electron chi connectivity index (χ1n) is 5.86. The van der Waals surface area contributed by atoms with E-state index in [-0.39, 0.29) is 0 Å². The molecule has 1 rings (SSSR count). The van der Waals surface area contributed by atoms with Crippen LogP contribution >= 0.6 is 15.9 Å². The minimum Gasteiger partial charge on any atom is -0.492 e. The van der Waals surface area contributed by atoms with E-state index in [9.17, 15) is 0 Å². The van der Waals surface area contributed by atoms with E-state index >= 15 is 0 Å². The number of ether oxygens (including phenoxy) is 2. The molecule has 0 radical (unpaired) electrons. The fraction of sp³-hybridized carbons (Fsp3) is 0.538. The Bertz CT molecular complexity index is 320. The van der Waals surface area contributed by atoms with Gasteiger partial charge < -0.3 is 9.47 Å². The lowest BCUT2D eigenvalue weighted by Gasteiger charge is -2.19. The van der Waals surface area contributed by atoms with Gasteiger partial charge in [0.15, 0.2) is 0 Å². The molecule has 0 aromatic heterocycles. The van der Waals surface area contributed by atoms with E-state index in [0.29, 0.717) is 6.61 Å². The Hall–Kier alpha value is -0.580. The van der Waals surface area contributed by atoms with Crippen molar-refractivity contribution >= 4 is 15.9 Å². The molecule has 1 aromatic rings. The predicted molar refractivity (Wildman–Crippen MR) is 73.6 cm³/mol. The molecule has 0 amide bonds. The van der Waals surface area contributed by atoms with Gasteiger partial charge in [-0.15, -0.1) is 0 Å². The highest BCUT2D eigenvalue weighted by Gasteiger charge is 2.02. The summed E-state index contributed by atoms with van der Waals surface area (Å²) in [5, 5.41) is 0. The average Bonchev–Trinajstić information content (AvgIpc) is 2.33. The standard InChI is InChI=1S/C13H20BrNO2/c1-3-15(7-9-16-2)8-10-17-13-6-4-5-12(14)11-13/h4-6,11H,3,7-10H2,1-2H3. The molecule has 0 N–H and O–H groups in total. The van der Waals surface area contributed by atoms with Crippen molar-refractivity contribution < 1.29 is 9.47 Å². The van der Waals surface area contributed by atoms with Crippen LogP contribution in [0.25, 0.3) is 0 Å². The summed E-state index contributed by atoms with van der Waals surface area (Å²) in [6, 6.07) is 7.91. The quantitative estimate of drug-likeness (QED) is 0.737. The maximum absolute atomic E-state index is 5.69. The SMILES string of the molecule is CCN(CCOC)CCOc1cccc(Br)c1. The molecular formula is C13H20BrNO2. The van der Waals surface area contributed by atoms with Gasteiger partial charge in [-0.3, -0.25) is 4.90 Å². The van der Waals surface area contributed by atoms with E-state index in [2.05, 4.69) is 27.8 Å². The van der Waals surface area contributed by atoms with Crippen molar-refractivity contribution in [3.63, 3.8) is 0 Å². The second kappa shape index (κ2) is 8.50. The van der Waals surface area contributed by atoms with Gasteiger partial charge in [-0.2, -0.15) is 0 Å². The van der Waals surface area contributed by atoms with Crippen molar-refractivity contribution in [3.05, 3.63) is 28.7 Å². The molecule has 0 aliphatic heterocycles. The molecule has 0 unspecified atom stereocenters. The minimum absolute atomic E-state index is 0.702. The lowest BCUT2D eigenvalue weighted by molar-refractivity contribution is 0.138. The molecule has 0 saturated heterocycles. The minimum atomic E-state index is 0.702. The van der Waals surface area contributed by atoms with Gasteiger partial charge in [-0.25, -0.2) is 0 Å². The number of likely N-dealkylation sites (N-methyl/N-ethyl adjacent to an activating group) is 1. The Balaban J connectivity index is 2.26. The van der Waals surface area contributed by atoms with Crippen LogP contribution in [-0.2, 0) is 4.74 Å². The number of benzene rings is 1. The second-order valence-electron chi connectivity index (χ2n) is 3.73. The van der Waals surface area contributed by atoms with Gasteiger partial charge >= 0.3 is 0 Å². The highest BCUT2D eigenvalue weighted by molar-refractivity contribution is 9.10. The topological polar surface area (TPSA) is 21.7 Å². The number of halogens is 1. The van der Waals surface area contributed by atoms with Crippen molar-refractivity contribution in [1.29, 1.82) is 0 Å². The molecule has 17 heavy (non-hydrogen) atoms. The van der Waals surface area contributed by atoms with Crippen LogP contribution in [0.2, 0.25) is 0 Å². The van der Waals surface area contributed by atoms with Crippen LogP contribution in [0.3, 0.4) is 0 Å². The van der Waals surface area contributed by atoms with Crippen LogP contribution in [0.4, 0.5) is 0 Å². The molecule has 0 atom stereocenters. The first-order valence-corrected chi connectivity index (χ1v) is 6.65. The summed E-state index contributed by atoms with van der Waals surface area (Å²) >= 11 is 3.42. The summed E-state index contributed by atoms with van der Waals surface area (Å²) in [7, 11) is 1.73. The molecule has 0 spiro atoms. The first-order chi connectivity index (χ1) is 8.26. The zero-order chi connectivity index (χ0) is 12.5. The Morgan fingerprint density at radius 3 is 2.65 bits per heavy atom. The highest BCUT2D eigenvalue weighted by Crippen LogP contribution is 2.17. The van der Waals surface area contributed by atoms with E-state index in [4.69, 9.17) is 9.47 Å². The van der Waals surface area contributed by atoms with Crippen LogP contribution in [0.15, 0.2) is 28.7 Å². The first kappa shape index (κ1) is 14.5. The summed E-state index contributed by atoms with van der Waals surface area (Å²) in [4.78, 5) is 2.31. The number of methoxy groups -OCH3 is 1. The molecule has 4 heteroatoms. The summed E-state index contributed by atoms with van der Waals surface area (Å²) in [5.74, 6) is 0.905. The number of hydrogen-bond acceptors (Lipinski definition) is 3. The van der Waals surface area contributed by atoms with Crippen molar-refractivity contribution in [1.82, 2.24) is 4.90 Å². The van der Waals surface area contributed by atoms with Gasteiger partial charge in [0.05, 0.1) is 6.61 Å². The molecule has 0 aliphatic carbocycles. The molecule has 96 valence electrons. The Morgan fingerprint density at radius 1 is 1.24 bits per heavy atom. The zero-order valence-electron chi connectivity index (χ0n) is 10.5. The second-order valence-corrected chi connectivity index (χ2v) is 4.65. The maximum Gasteiger partial charge on any atom is 0.120 e. The highest BCUT2D eigenvalue weighted by atomic mass is 79.9. The maximum atomic E-state index is 5.69. The van der Waals surface area contributed by atoms with Gasteiger partial charge in [0.1, 0.15) is 12.4 Å². The van der Waals surface area contributed by atoms with Gasteiger partial charge in [0.2, 0.25) is 0 Å². The van der Waals surface area contributed by atoms with E-state index in [1.807, 2.05) is 24.3 Å². The fourth-order valence-corrected chi connectivity index (χ4v) is 1.88. The molecular weight excluding hydrogens is 282 g/mol. The molecule has 3 nitrogen and oxygen atoms in total. The molecule has 0 heterocycles. The third-order valence-corrected chi connectivity index (χ3v) is 3.02. The normalized spacial score (nSPS) is 10.8. The lowest BCUT2D eigenvalue weighted by Crippen LogP contribution is -2.31. The summed E-state index contributed by atoms with van der Waals surface area (Å²) in [5.41, 5.74) is 0. The van der Waals surface area contributed by atoms with E-state index in [0.717, 1.165) is 36.5 Å². The van der Waals surface area contributed by atoms with Crippen LogP contribution in [-0.4, -0.2) is 44.9 Å². The predicted octanol–water partition coefficient (Wildman–Crippen LogP) is 2.80. The van der Waals surface area contributed by atoms with Gasteiger partial charge in [-0.05, 0) is 24.7 Å². The van der Waals surface area contributed by atoms with Gasteiger partial charge in [0, 0.05) is 24.7 Å². The monoisotopic (exact) mass is 301 g/mol. The summed E-state index contributed by atoms with van der Waals surface area (Å²) < 4.78 is 11.8. The van der Waals surface area contributed by atoms with Crippen molar-refractivity contribution in [2.24, 2.45) is 0 Å². The smallest absolute Gasteiger partial charge is 0.120 e. The summed E-state index contributed by atoms with van der Waals surface area (Å²) in [6.07, 6.45) is 0. The van der Waals surface area contributed by atoms with Crippen molar-refractivity contribution in [2.75, 3.05) is 40.0 Å². The number of nitrogens with zero attached hydrogens (tertiary/aromatic N) is 1. The molecule has 0 fully saturated rings. The van der Waals surface area contributed by atoms with E-state index in [1.165, 1.54) is 0 Å². The number of rotatable bonds is 8. The number of hydrogen-bond donors (Lipinski definition) is 0. The molecule has 0 aliphatic rings. The van der Waals surface area contributed by atoms with Gasteiger partial charge in [0.25, 0.3) is 0 Å². The summed E-state index contributed by atoms with van der Waals surface area (Å²) in [6.45, 7) is 6.51. The average molecular weight is 302 g/mol. The molecule has 0 bridgehead atoms. The van der Waals surface area contributed by atoms with E-state index in [1.54, 1.807) is 7.11 Å². The molecule has 1 aromatic carbocycles. The van der Waals surface area contributed by atoms with Crippen LogP contribution in [0, 0.1) is 0 Å². The van der Waals surface area contributed by atoms with E-state index < -0.39 is 0 Å². The van der Waals surface area contributed by atoms with Crippen molar-refractivity contribution in [3.8, 4) is 5.75 Å². The Labute approximate surface area is 112 Å². The van der Waals surface area contributed by atoms with Crippen LogP contribution < -0.4 is 4.74 Å². The third kappa shape index (κ3) is 6.05. The Morgan fingerprint density at radius 2 is 2.00 bits per heavy atom. The largest absolute Gasteiger partial charge is 0.492 e. The van der Waals surface area contributed by atoms with Gasteiger partial charge in [-0.1, -0.05) is 28.9 Å².